The Morgan fingerprint density at radius 2 is 1.83 bits per heavy atom. The standard InChI is InChI=1S/C18H22N2O2.ClH/c1-13-7-9-15(10-8-13)17(19)18(21)20-12-11-14-5-3-4-6-16(14)22-2;/h3-10,17H,11-12,19H2,1-2H3,(H,20,21);1H. The third-order valence-corrected chi connectivity index (χ3v) is 3.61. The molecule has 0 aromatic heterocycles. The van der Waals surface area contributed by atoms with Crippen LogP contribution in [0.1, 0.15) is 22.7 Å². The van der Waals surface area contributed by atoms with Crippen LogP contribution in [-0.4, -0.2) is 19.6 Å². The van der Waals surface area contributed by atoms with Crippen molar-refractivity contribution in [1.82, 2.24) is 5.32 Å². The molecule has 5 heteroatoms. The number of hydrogen-bond donors (Lipinski definition) is 2. The summed E-state index contributed by atoms with van der Waals surface area (Å²) in [6.07, 6.45) is 0.705. The van der Waals surface area contributed by atoms with E-state index in [1.807, 2.05) is 55.5 Å². The Morgan fingerprint density at radius 3 is 2.48 bits per heavy atom. The van der Waals surface area contributed by atoms with Crippen molar-refractivity contribution in [3.63, 3.8) is 0 Å². The highest BCUT2D eigenvalue weighted by Gasteiger charge is 2.15. The van der Waals surface area contributed by atoms with Crippen molar-refractivity contribution < 1.29 is 9.53 Å². The molecule has 124 valence electrons. The van der Waals surface area contributed by atoms with Crippen molar-refractivity contribution in [1.29, 1.82) is 0 Å². The first-order valence-corrected chi connectivity index (χ1v) is 7.33. The van der Waals surface area contributed by atoms with Gasteiger partial charge < -0.3 is 15.8 Å². The minimum absolute atomic E-state index is 0. The van der Waals surface area contributed by atoms with E-state index in [9.17, 15) is 4.79 Å². The van der Waals surface area contributed by atoms with Crippen LogP contribution in [0.3, 0.4) is 0 Å². The van der Waals surface area contributed by atoms with E-state index in [1.165, 1.54) is 0 Å². The van der Waals surface area contributed by atoms with Crippen LogP contribution in [0.5, 0.6) is 5.75 Å². The summed E-state index contributed by atoms with van der Waals surface area (Å²) in [4.78, 5) is 12.1. The molecular formula is C18H23ClN2O2. The van der Waals surface area contributed by atoms with E-state index in [-0.39, 0.29) is 18.3 Å². The molecule has 0 aliphatic carbocycles. The molecule has 0 bridgehead atoms. The summed E-state index contributed by atoms with van der Waals surface area (Å²) in [5.74, 6) is 0.665. The van der Waals surface area contributed by atoms with E-state index in [1.54, 1.807) is 7.11 Å². The first-order valence-electron chi connectivity index (χ1n) is 7.33. The van der Waals surface area contributed by atoms with Gasteiger partial charge in [-0.2, -0.15) is 0 Å². The fourth-order valence-corrected chi connectivity index (χ4v) is 2.26. The number of carbonyl (C=O) groups excluding carboxylic acids is 1. The Morgan fingerprint density at radius 1 is 1.17 bits per heavy atom. The number of benzene rings is 2. The molecule has 4 nitrogen and oxygen atoms in total. The third kappa shape index (κ3) is 5.27. The van der Waals surface area contributed by atoms with Gasteiger partial charge in [-0.25, -0.2) is 0 Å². The third-order valence-electron chi connectivity index (χ3n) is 3.61. The first-order chi connectivity index (χ1) is 10.6. The van der Waals surface area contributed by atoms with E-state index in [0.29, 0.717) is 13.0 Å². The van der Waals surface area contributed by atoms with Crippen molar-refractivity contribution in [2.75, 3.05) is 13.7 Å². The summed E-state index contributed by atoms with van der Waals surface area (Å²) in [5, 5.41) is 2.88. The van der Waals surface area contributed by atoms with Crippen LogP contribution >= 0.6 is 12.4 Å². The fourth-order valence-electron chi connectivity index (χ4n) is 2.26. The van der Waals surface area contributed by atoms with Gasteiger partial charge in [0, 0.05) is 6.54 Å². The van der Waals surface area contributed by atoms with Crippen molar-refractivity contribution in [3.05, 3.63) is 65.2 Å². The van der Waals surface area contributed by atoms with E-state index in [0.717, 1.165) is 22.4 Å². The zero-order valence-corrected chi connectivity index (χ0v) is 14.2. The van der Waals surface area contributed by atoms with Gasteiger partial charge in [0.2, 0.25) is 5.91 Å². The summed E-state index contributed by atoms with van der Waals surface area (Å²) in [5.41, 5.74) is 9.02. The lowest BCUT2D eigenvalue weighted by Gasteiger charge is -2.13. The molecule has 2 rings (SSSR count). The SMILES string of the molecule is COc1ccccc1CCNC(=O)C(N)c1ccc(C)cc1.Cl. The van der Waals surface area contributed by atoms with Crippen molar-refractivity contribution in [2.24, 2.45) is 5.73 Å². The number of hydrogen-bond acceptors (Lipinski definition) is 3. The number of amides is 1. The van der Waals surface area contributed by atoms with Gasteiger partial charge in [0.15, 0.2) is 0 Å². The minimum atomic E-state index is -0.640. The summed E-state index contributed by atoms with van der Waals surface area (Å²) < 4.78 is 5.29. The zero-order chi connectivity index (χ0) is 15.9. The van der Waals surface area contributed by atoms with Crippen LogP contribution < -0.4 is 15.8 Å². The molecule has 23 heavy (non-hydrogen) atoms. The van der Waals surface area contributed by atoms with Gasteiger partial charge in [0.1, 0.15) is 11.8 Å². The average Bonchev–Trinajstić information content (AvgIpc) is 2.55. The summed E-state index contributed by atoms with van der Waals surface area (Å²) >= 11 is 0. The number of halogens is 1. The van der Waals surface area contributed by atoms with Crippen LogP contribution in [0.2, 0.25) is 0 Å². The molecule has 1 atom stereocenters. The minimum Gasteiger partial charge on any atom is -0.496 e. The Labute approximate surface area is 143 Å². The maximum atomic E-state index is 12.1. The van der Waals surface area contributed by atoms with Crippen LogP contribution in [0, 0.1) is 6.92 Å². The van der Waals surface area contributed by atoms with Crippen LogP contribution in [0.4, 0.5) is 0 Å². The largest absolute Gasteiger partial charge is 0.496 e. The lowest BCUT2D eigenvalue weighted by atomic mass is 10.1. The van der Waals surface area contributed by atoms with E-state index < -0.39 is 6.04 Å². The first kappa shape index (κ1) is 19.0. The van der Waals surface area contributed by atoms with Crippen molar-refractivity contribution in [3.8, 4) is 5.75 Å². The van der Waals surface area contributed by atoms with Gasteiger partial charge in [-0.05, 0) is 30.5 Å². The number of carbonyl (C=O) groups is 1. The smallest absolute Gasteiger partial charge is 0.241 e. The Hall–Kier alpha value is -2.04. The highest BCUT2D eigenvalue weighted by molar-refractivity contribution is 5.85. The lowest BCUT2D eigenvalue weighted by molar-refractivity contribution is -0.122. The molecule has 2 aromatic carbocycles. The second-order valence-corrected chi connectivity index (χ2v) is 5.24. The van der Waals surface area contributed by atoms with E-state index in [4.69, 9.17) is 10.5 Å². The molecule has 0 saturated carbocycles. The second kappa shape index (κ2) is 9.18. The molecular weight excluding hydrogens is 312 g/mol. The molecule has 0 fully saturated rings. The van der Waals surface area contributed by atoms with Gasteiger partial charge in [-0.3, -0.25) is 4.79 Å². The quantitative estimate of drug-likeness (QED) is 0.853. The number of nitrogens with one attached hydrogen (secondary N) is 1. The van der Waals surface area contributed by atoms with Gasteiger partial charge in [-0.15, -0.1) is 12.4 Å². The molecule has 1 unspecified atom stereocenters. The predicted octanol–water partition coefficient (Wildman–Crippen LogP) is 2.78. The van der Waals surface area contributed by atoms with Gasteiger partial charge >= 0.3 is 0 Å². The molecule has 0 aliphatic rings. The van der Waals surface area contributed by atoms with E-state index in [2.05, 4.69) is 5.32 Å². The molecule has 1 amide bonds. The van der Waals surface area contributed by atoms with Gasteiger partial charge in [-0.1, -0.05) is 48.0 Å². The van der Waals surface area contributed by atoms with Crippen LogP contribution in [0.15, 0.2) is 48.5 Å². The monoisotopic (exact) mass is 334 g/mol. The summed E-state index contributed by atoms with van der Waals surface area (Å²) in [6, 6.07) is 14.8. The summed E-state index contributed by atoms with van der Waals surface area (Å²) in [7, 11) is 1.64. The van der Waals surface area contributed by atoms with Crippen LogP contribution in [-0.2, 0) is 11.2 Å². The zero-order valence-electron chi connectivity index (χ0n) is 13.4. The Kier molecular flexibility index (Phi) is 7.59. The molecule has 0 heterocycles. The number of para-hydroxylation sites is 1. The van der Waals surface area contributed by atoms with Gasteiger partial charge in [0.05, 0.1) is 7.11 Å². The van der Waals surface area contributed by atoms with Crippen molar-refractivity contribution in [2.45, 2.75) is 19.4 Å². The number of nitrogens with two attached hydrogens (primary N) is 1. The highest BCUT2D eigenvalue weighted by Crippen LogP contribution is 2.17. The highest BCUT2D eigenvalue weighted by atomic mass is 35.5. The molecule has 0 radical (unpaired) electrons. The van der Waals surface area contributed by atoms with E-state index >= 15 is 0 Å². The molecule has 0 saturated heterocycles. The number of methoxy groups -OCH3 is 1. The second-order valence-electron chi connectivity index (χ2n) is 5.24. The van der Waals surface area contributed by atoms with Crippen LogP contribution in [0.25, 0.3) is 0 Å². The maximum absolute atomic E-state index is 12.1. The summed E-state index contributed by atoms with van der Waals surface area (Å²) in [6.45, 7) is 2.53. The average molecular weight is 335 g/mol. The maximum Gasteiger partial charge on any atom is 0.241 e. The topological polar surface area (TPSA) is 64.3 Å². The molecule has 0 aliphatic heterocycles. The fraction of sp³-hybridized carbons (Fsp3) is 0.278. The number of aryl methyl sites for hydroxylation is 1. The van der Waals surface area contributed by atoms with Gasteiger partial charge in [0.25, 0.3) is 0 Å². The van der Waals surface area contributed by atoms with Crippen molar-refractivity contribution >= 4 is 18.3 Å². The Balaban J connectivity index is 0.00000264. The predicted molar refractivity (Wildman–Crippen MR) is 95.1 cm³/mol. The number of ether oxygens (including phenoxy) is 1. The molecule has 2 aromatic rings. The number of rotatable bonds is 6. The lowest BCUT2D eigenvalue weighted by Crippen LogP contribution is -2.35. The Bertz CT molecular complexity index is 629. The normalized spacial score (nSPS) is 11.3. The molecule has 3 N–H and O–H groups in total. The molecule has 0 spiro atoms.